The van der Waals surface area contributed by atoms with Crippen molar-refractivity contribution in [3.63, 3.8) is 0 Å². The normalized spacial score (nSPS) is 14.8. The van der Waals surface area contributed by atoms with Gasteiger partial charge in [0.05, 0.1) is 35.0 Å². The average molecular weight is 395 g/mol. The molecule has 0 saturated carbocycles. The number of carbonyl (C=O) groups excluding carboxylic acids is 2. The minimum Gasteiger partial charge on any atom is -0.865 e. The monoisotopic (exact) mass is 395 g/mol. The van der Waals surface area contributed by atoms with E-state index in [1.807, 2.05) is 0 Å². The number of carboxylic acid groups (broad SMARTS) is 1. The molecule has 3 rings (SSSR count). The zero-order valence-electron chi connectivity index (χ0n) is 15.2. The number of benzene rings is 2. The zero-order chi connectivity index (χ0) is 21.3. The maximum atomic E-state index is 12.8. The van der Waals surface area contributed by atoms with Crippen molar-refractivity contribution in [2.24, 2.45) is 5.10 Å². The fourth-order valence-corrected chi connectivity index (χ4v) is 2.77. The molecule has 0 saturated heterocycles. The van der Waals surface area contributed by atoms with Gasteiger partial charge in [0.25, 0.3) is 11.6 Å². The molecule has 1 amide bonds. The predicted molar refractivity (Wildman–Crippen MR) is 98.4 cm³/mol. The van der Waals surface area contributed by atoms with Crippen LogP contribution in [0.4, 0.5) is 11.4 Å². The minimum atomic E-state index is -1.40. The van der Waals surface area contributed by atoms with Crippen LogP contribution in [-0.2, 0) is 4.79 Å². The van der Waals surface area contributed by atoms with Gasteiger partial charge in [-0.05, 0) is 42.3 Å². The van der Waals surface area contributed by atoms with Crippen LogP contribution in [0.25, 0.3) is 6.08 Å². The largest absolute Gasteiger partial charge is 0.865 e. The number of hydrogen-bond donors (Lipinski definition) is 0. The van der Waals surface area contributed by atoms with Crippen LogP contribution in [0.1, 0.15) is 22.8 Å². The molecule has 0 spiro atoms. The van der Waals surface area contributed by atoms with Gasteiger partial charge >= 0.3 is 0 Å². The molecule has 2 aromatic rings. The van der Waals surface area contributed by atoms with Crippen LogP contribution < -0.4 is 20.0 Å². The topological polar surface area (TPSA) is 148 Å². The van der Waals surface area contributed by atoms with E-state index in [1.54, 1.807) is 6.92 Å². The Morgan fingerprint density at radius 3 is 2.62 bits per heavy atom. The van der Waals surface area contributed by atoms with Crippen molar-refractivity contribution in [1.29, 1.82) is 0 Å². The lowest BCUT2D eigenvalue weighted by Gasteiger charge is -2.14. The summed E-state index contributed by atoms with van der Waals surface area (Å²) in [6, 6.07) is 7.83. The molecule has 1 heterocycles. The first-order valence-electron chi connectivity index (χ1n) is 8.19. The van der Waals surface area contributed by atoms with Crippen LogP contribution in [-0.4, -0.2) is 29.6 Å². The number of nitro groups is 1. The van der Waals surface area contributed by atoms with Crippen LogP contribution in [0.3, 0.4) is 0 Å². The Bertz CT molecular complexity index is 1100. The average Bonchev–Trinajstić information content (AvgIpc) is 2.97. The van der Waals surface area contributed by atoms with E-state index in [0.29, 0.717) is 5.71 Å². The number of hydrogen-bond acceptors (Lipinski definition) is 8. The van der Waals surface area contributed by atoms with E-state index in [2.05, 4.69) is 5.10 Å². The Balaban J connectivity index is 2.02. The first-order valence-corrected chi connectivity index (χ1v) is 8.19. The summed E-state index contributed by atoms with van der Waals surface area (Å²) in [5.74, 6) is -3.06. The summed E-state index contributed by atoms with van der Waals surface area (Å²) < 4.78 is 4.89. The molecule has 148 valence electrons. The van der Waals surface area contributed by atoms with E-state index >= 15 is 0 Å². The molecule has 1 aliphatic heterocycles. The van der Waals surface area contributed by atoms with Gasteiger partial charge < -0.3 is 19.7 Å². The molecule has 2 aromatic carbocycles. The first kappa shape index (κ1) is 19.5. The number of carboxylic acids is 1. The summed E-state index contributed by atoms with van der Waals surface area (Å²) in [5, 5.41) is 39.2. The second-order valence-electron chi connectivity index (χ2n) is 6.03. The third kappa shape index (κ3) is 3.63. The van der Waals surface area contributed by atoms with Crippen LogP contribution in [0.15, 0.2) is 47.1 Å². The zero-order valence-corrected chi connectivity index (χ0v) is 15.2. The van der Waals surface area contributed by atoms with E-state index in [-0.39, 0.29) is 28.1 Å². The Kier molecular flexibility index (Phi) is 5.01. The maximum Gasteiger partial charge on any atom is 0.280 e. The summed E-state index contributed by atoms with van der Waals surface area (Å²) in [4.78, 5) is 34.1. The molecule has 0 fully saturated rings. The van der Waals surface area contributed by atoms with Gasteiger partial charge in [0, 0.05) is 11.8 Å². The smallest absolute Gasteiger partial charge is 0.280 e. The third-order valence-electron chi connectivity index (χ3n) is 4.17. The van der Waals surface area contributed by atoms with Crippen LogP contribution >= 0.6 is 0 Å². The van der Waals surface area contributed by atoms with Crippen molar-refractivity contribution in [1.82, 2.24) is 0 Å². The van der Waals surface area contributed by atoms with E-state index in [9.17, 15) is 29.9 Å². The van der Waals surface area contributed by atoms with Crippen molar-refractivity contribution in [2.75, 3.05) is 12.1 Å². The van der Waals surface area contributed by atoms with Crippen molar-refractivity contribution in [3.8, 4) is 11.5 Å². The molecule has 1 aliphatic rings. The third-order valence-corrected chi connectivity index (χ3v) is 4.17. The number of amides is 1. The summed E-state index contributed by atoms with van der Waals surface area (Å²) in [6.07, 6.45) is 1.35. The molecular weight excluding hydrogens is 382 g/mol. The Hall–Kier alpha value is -4.21. The molecule has 10 nitrogen and oxygen atoms in total. The van der Waals surface area contributed by atoms with Gasteiger partial charge in [0.2, 0.25) is 0 Å². The number of ether oxygens (including phenoxy) is 1. The van der Waals surface area contributed by atoms with Crippen molar-refractivity contribution in [3.05, 3.63) is 63.2 Å². The van der Waals surface area contributed by atoms with Gasteiger partial charge in [-0.25, -0.2) is 0 Å². The fraction of sp³-hybridized carbons (Fsp3) is 0.105. The fourth-order valence-electron chi connectivity index (χ4n) is 2.77. The number of methoxy groups -OCH3 is 1. The van der Waals surface area contributed by atoms with Gasteiger partial charge in [-0.2, -0.15) is 10.1 Å². The Labute approximate surface area is 164 Å². The summed E-state index contributed by atoms with van der Waals surface area (Å²) in [5.41, 5.74) is 0.0524. The molecule has 0 aromatic heterocycles. The van der Waals surface area contributed by atoms with Gasteiger partial charge in [-0.3, -0.25) is 14.9 Å². The second kappa shape index (κ2) is 7.43. The van der Waals surface area contributed by atoms with Gasteiger partial charge in [0.15, 0.2) is 0 Å². The van der Waals surface area contributed by atoms with E-state index < -0.39 is 28.2 Å². The summed E-state index contributed by atoms with van der Waals surface area (Å²) in [7, 11) is 1.21. The summed E-state index contributed by atoms with van der Waals surface area (Å²) >= 11 is 0. The van der Waals surface area contributed by atoms with Crippen molar-refractivity contribution >= 4 is 35.0 Å². The highest BCUT2D eigenvalue weighted by atomic mass is 16.6. The lowest BCUT2D eigenvalue weighted by atomic mass is 10.1. The van der Waals surface area contributed by atoms with Gasteiger partial charge in [-0.1, -0.05) is 12.1 Å². The summed E-state index contributed by atoms with van der Waals surface area (Å²) in [6.45, 7) is 1.56. The van der Waals surface area contributed by atoms with Crippen molar-refractivity contribution in [2.45, 2.75) is 6.92 Å². The quantitative estimate of drug-likeness (QED) is 0.414. The molecule has 29 heavy (non-hydrogen) atoms. The number of aromatic carboxylic acids is 1. The first-order chi connectivity index (χ1) is 13.7. The van der Waals surface area contributed by atoms with E-state index in [4.69, 9.17) is 4.74 Å². The highest BCUT2D eigenvalue weighted by Crippen LogP contribution is 2.36. The minimum absolute atomic E-state index is 0.119. The SMILES string of the molecule is COc1cc(/C=C2\C(=O)N(c3cccc(C(=O)[O-])c3)N=C2C)cc([N+](=O)[O-])c1[O-]. The van der Waals surface area contributed by atoms with Gasteiger partial charge in [0.1, 0.15) is 5.75 Å². The highest BCUT2D eigenvalue weighted by Gasteiger charge is 2.29. The maximum absolute atomic E-state index is 12.8. The molecule has 0 bridgehead atoms. The molecule has 0 N–H and O–H groups in total. The highest BCUT2D eigenvalue weighted by molar-refractivity contribution is 6.32. The van der Waals surface area contributed by atoms with E-state index in [1.165, 1.54) is 43.5 Å². The van der Waals surface area contributed by atoms with Gasteiger partial charge in [-0.15, -0.1) is 0 Å². The van der Waals surface area contributed by atoms with Crippen LogP contribution in [0.5, 0.6) is 11.5 Å². The Morgan fingerprint density at radius 1 is 1.28 bits per heavy atom. The predicted octanol–water partition coefficient (Wildman–Crippen LogP) is 0.847. The number of carbonyl (C=O) groups is 2. The molecular formula is C19H13N3O7-2. The van der Waals surface area contributed by atoms with Crippen LogP contribution in [0.2, 0.25) is 0 Å². The molecule has 0 atom stereocenters. The van der Waals surface area contributed by atoms with Crippen LogP contribution in [0, 0.1) is 10.1 Å². The number of rotatable bonds is 5. The molecule has 10 heteroatoms. The molecule has 0 aliphatic carbocycles. The number of nitrogens with zero attached hydrogens (tertiary/aromatic N) is 3. The van der Waals surface area contributed by atoms with Crippen molar-refractivity contribution < 1.29 is 29.5 Å². The number of hydrazone groups is 1. The molecule has 0 radical (unpaired) electrons. The lowest BCUT2D eigenvalue weighted by molar-refractivity contribution is -0.398. The Morgan fingerprint density at radius 2 is 2.00 bits per heavy atom. The number of anilines is 1. The molecule has 0 unspecified atom stereocenters. The second-order valence-corrected chi connectivity index (χ2v) is 6.03. The number of nitro benzene ring substituents is 1. The van der Waals surface area contributed by atoms with E-state index in [0.717, 1.165) is 11.1 Å². The standard InChI is InChI=1S/C19H15N3O7/c1-10-14(6-11-7-15(22(27)28)17(23)16(8-11)29-2)18(24)21(20-10)13-5-3-4-12(9-13)19(25)26/h3-9,23H,1-2H3,(H,25,26)/p-2/b14-6-. The lowest BCUT2D eigenvalue weighted by Crippen LogP contribution is -2.24.